The van der Waals surface area contributed by atoms with E-state index in [2.05, 4.69) is 10.4 Å². The highest BCUT2D eigenvalue weighted by Gasteiger charge is 2.42. The van der Waals surface area contributed by atoms with Crippen LogP contribution in [0.25, 0.3) is 5.69 Å². The number of ether oxygens (including phenoxy) is 1. The molecule has 1 aromatic carbocycles. The maximum Gasteiger partial charge on any atom is 0.331 e. The van der Waals surface area contributed by atoms with Gasteiger partial charge in [0.05, 0.1) is 30.3 Å². The van der Waals surface area contributed by atoms with E-state index in [1.807, 2.05) is 19.1 Å². The first-order valence-corrected chi connectivity index (χ1v) is 9.06. The Bertz CT molecular complexity index is 825. The Morgan fingerprint density at radius 1 is 1.27 bits per heavy atom. The fourth-order valence-corrected chi connectivity index (χ4v) is 3.70. The van der Waals surface area contributed by atoms with Gasteiger partial charge in [0.15, 0.2) is 0 Å². The highest BCUT2D eigenvalue weighted by molar-refractivity contribution is 6.30. The molecule has 1 aliphatic carbocycles. The third-order valence-electron chi connectivity index (χ3n) is 4.94. The molecule has 0 saturated heterocycles. The van der Waals surface area contributed by atoms with Gasteiger partial charge in [0.1, 0.15) is 5.54 Å². The van der Waals surface area contributed by atoms with Crippen LogP contribution >= 0.6 is 11.6 Å². The fourth-order valence-electron chi connectivity index (χ4n) is 3.52. The number of carbonyl (C=O) groups excluding carboxylic acids is 2. The summed E-state index contributed by atoms with van der Waals surface area (Å²) in [5.74, 6) is -0.700. The van der Waals surface area contributed by atoms with Crippen LogP contribution in [-0.4, -0.2) is 34.3 Å². The smallest absolute Gasteiger partial charge is 0.331 e. The quantitative estimate of drug-likeness (QED) is 0.831. The first kappa shape index (κ1) is 18.5. The van der Waals surface area contributed by atoms with Crippen LogP contribution in [0.4, 0.5) is 0 Å². The predicted molar refractivity (Wildman–Crippen MR) is 98.6 cm³/mol. The van der Waals surface area contributed by atoms with Crippen molar-refractivity contribution in [3.8, 4) is 5.69 Å². The van der Waals surface area contributed by atoms with Gasteiger partial charge in [-0.15, -0.1) is 0 Å². The van der Waals surface area contributed by atoms with Crippen molar-refractivity contribution in [3.63, 3.8) is 0 Å². The maximum absolute atomic E-state index is 12.9. The van der Waals surface area contributed by atoms with Crippen molar-refractivity contribution in [1.82, 2.24) is 15.1 Å². The monoisotopic (exact) mass is 375 g/mol. The molecule has 1 heterocycles. The minimum Gasteiger partial charge on any atom is -0.467 e. The van der Waals surface area contributed by atoms with Crippen LogP contribution in [0.15, 0.2) is 30.5 Å². The molecule has 2 aromatic rings. The number of methoxy groups -OCH3 is 1. The first-order valence-electron chi connectivity index (χ1n) is 8.68. The second-order valence-corrected chi connectivity index (χ2v) is 7.06. The Hall–Kier alpha value is -2.34. The van der Waals surface area contributed by atoms with Crippen molar-refractivity contribution >= 4 is 23.5 Å². The molecule has 6 nitrogen and oxygen atoms in total. The fraction of sp³-hybridized carbons (Fsp3) is 0.421. The Labute approximate surface area is 157 Å². The van der Waals surface area contributed by atoms with Crippen LogP contribution in [0.1, 0.15) is 48.2 Å². The molecule has 0 bridgehead atoms. The number of aromatic nitrogens is 2. The molecule has 0 spiro atoms. The third kappa shape index (κ3) is 3.46. The molecular formula is C19H22ClN3O3. The topological polar surface area (TPSA) is 73.2 Å². The summed E-state index contributed by atoms with van der Waals surface area (Å²) in [4.78, 5) is 25.2. The number of nitrogens with zero attached hydrogens (tertiary/aromatic N) is 2. The van der Waals surface area contributed by atoms with Gasteiger partial charge in [-0.3, -0.25) is 4.79 Å². The highest BCUT2D eigenvalue weighted by atomic mass is 35.5. The second kappa shape index (κ2) is 7.50. The zero-order valence-electron chi connectivity index (χ0n) is 14.9. The normalized spacial score (nSPS) is 16.1. The van der Waals surface area contributed by atoms with Gasteiger partial charge >= 0.3 is 5.97 Å². The van der Waals surface area contributed by atoms with Crippen molar-refractivity contribution in [2.24, 2.45) is 0 Å². The highest BCUT2D eigenvalue weighted by Crippen LogP contribution is 2.30. The summed E-state index contributed by atoms with van der Waals surface area (Å²) in [6.45, 7) is 1.81. The molecule has 7 heteroatoms. The maximum atomic E-state index is 12.9. The summed E-state index contributed by atoms with van der Waals surface area (Å²) in [5, 5.41) is 7.83. The minimum absolute atomic E-state index is 0.317. The van der Waals surface area contributed by atoms with Crippen LogP contribution < -0.4 is 5.32 Å². The summed E-state index contributed by atoms with van der Waals surface area (Å²) in [6, 6.07) is 7.25. The van der Waals surface area contributed by atoms with Crippen molar-refractivity contribution < 1.29 is 14.3 Å². The number of rotatable bonds is 4. The average Bonchev–Trinajstić information content (AvgIpc) is 3.03. The largest absolute Gasteiger partial charge is 0.467 e. The zero-order chi connectivity index (χ0) is 18.7. The van der Waals surface area contributed by atoms with E-state index >= 15 is 0 Å². The van der Waals surface area contributed by atoms with Crippen LogP contribution in [0.3, 0.4) is 0 Å². The minimum atomic E-state index is -0.950. The predicted octanol–water partition coefficient (Wildman–Crippen LogP) is 3.44. The summed E-state index contributed by atoms with van der Waals surface area (Å²) >= 11 is 6.04. The van der Waals surface area contributed by atoms with E-state index in [9.17, 15) is 9.59 Å². The van der Waals surface area contributed by atoms with Crippen LogP contribution in [0.2, 0.25) is 5.02 Å². The number of hydrogen-bond donors (Lipinski definition) is 1. The third-order valence-corrected chi connectivity index (χ3v) is 5.18. The van der Waals surface area contributed by atoms with E-state index in [0.717, 1.165) is 24.9 Å². The van der Waals surface area contributed by atoms with Gasteiger partial charge in [-0.1, -0.05) is 36.9 Å². The standard InChI is InChI=1S/C19H22ClN3O3/c1-13-16(12-21-23(13)15-8-6-7-14(20)11-15)17(24)22-19(18(25)26-2)9-4-3-5-10-19/h6-8,11-12H,3-5,9-10H2,1-2H3,(H,22,24). The van der Waals surface area contributed by atoms with Crippen molar-refractivity contribution in [2.45, 2.75) is 44.6 Å². The van der Waals surface area contributed by atoms with Gasteiger partial charge in [0.25, 0.3) is 5.91 Å². The van der Waals surface area contributed by atoms with Gasteiger partial charge in [-0.25, -0.2) is 9.48 Å². The molecule has 0 unspecified atom stereocenters. The first-order chi connectivity index (χ1) is 12.5. The molecule has 1 saturated carbocycles. The lowest BCUT2D eigenvalue weighted by Gasteiger charge is -2.35. The molecule has 0 aliphatic heterocycles. The van der Waals surface area contributed by atoms with Crippen LogP contribution in [-0.2, 0) is 9.53 Å². The number of carbonyl (C=O) groups is 2. The van der Waals surface area contributed by atoms with Crippen molar-refractivity contribution in [3.05, 3.63) is 46.7 Å². The molecular weight excluding hydrogens is 354 g/mol. The molecule has 1 fully saturated rings. The van der Waals surface area contributed by atoms with Crippen LogP contribution in [0.5, 0.6) is 0 Å². The number of amides is 1. The lowest BCUT2D eigenvalue weighted by atomic mass is 9.81. The Kier molecular flexibility index (Phi) is 5.32. The lowest BCUT2D eigenvalue weighted by molar-refractivity contribution is -0.149. The van der Waals surface area contributed by atoms with Crippen molar-refractivity contribution in [2.75, 3.05) is 7.11 Å². The van der Waals surface area contributed by atoms with E-state index in [1.54, 1.807) is 16.8 Å². The Morgan fingerprint density at radius 3 is 2.65 bits per heavy atom. The molecule has 1 aliphatic rings. The van der Waals surface area contributed by atoms with E-state index in [-0.39, 0.29) is 11.9 Å². The molecule has 1 N–H and O–H groups in total. The zero-order valence-corrected chi connectivity index (χ0v) is 15.7. The number of halogens is 1. The van der Waals surface area contributed by atoms with Gasteiger partial charge in [0, 0.05) is 5.02 Å². The summed E-state index contributed by atoms with van der Waals surface area (Å²) in [6.07, 6.45) is 5.52. The molecule has 0 atom stereocenters. The Balaban J connectivity index is 1.87. The van der Waals surface area contributed by atoms with Gasteiger partial charge in [-0.05, 0) is 38.0 Å². The summed E-state index contributed by atoms with van der Waals surface area (Å²) < 4.78 is 6.62. The van der Waals surface area contributed by atoms with E-state index < -0.39 is 5.54 Å². The summed E-state index contributed by atoms with van der Waals surface area (Å²) in [7, 11) is 1.35. The molecule has 1 aromatic heterocycles. The SMILES string of the molecule is COC(=O)C1(NC(=O)c2cnn(-c3cccc(Cl)c3)c2C)CCCCC1. The lowest BCUT2D eigenvalue weighted by Crippen LogP contribution is -2.56. The van der Waals surface area contributed by atoms with Crippen molar-refractivity contribution in [1.29, 1.82) is 0 Å². The number of benzene rings is 1. The van der Waals surface area contributed by atoms with E-state index in [1.165, 1.54) is 13.3 Å². The van der Waals surface area contributed by atoms with E-state index in [4.69, 9.17) is 16.3 Å². The molecule has 26 heavy (non-hydrogen) atoms. The Morgan fingerprint density at radius 2 is 2.00 bits per heavy atom. The van der Waals surface area contributed by atoms with E-state index in [0.29, 0.717) is 29.1 Å². The van der Waals surface area contributed by atoms with Gasteiger partial charge < -0.3 is 10.1 Å². The number of esters is 1. The van der Waals surface area contributed by atoms with Crippen LogP contribution in [0, 0.1) is 6.92 Å². The average molecular weight is 376 g/mol. The number of hydrogen-bond acceptors (Lipinski definition) is 4. The molecule has 0 radical (unpaired) electrons. The molecule has 3 rings (SSSR count). The van der Waals surface area contributed by atoms with Gasteiger partial charge in [0.2, 0.25) is 0 Å². The summed E-state index contributed by atoms with van der Waals surface area (Å²) in [5.41, 5.74) is 0.933. The molecule has 138 valence electrons. The molecule has 1 amide bonds. The van der Waals surface area contributed by atoms with Gasteiger partial charge in [-0.2, -0.15) is 5.10 Å². The number of nitrogens with one attached hydrogen (secondary N) is 1. The second-order valence-electron chi connectivity index (χ2n) is 6.62.